The second-order valence-corrected chi connectivity index (χ2v) is 13.6. The zero-order valence-electron chi connectivity index (χ0n) is 21.2. The molecule has 0 radical (unpaired) electrons. The number of rotatable bonds is 7. The molecule has 40 heavy (non-hydrogen) atoms. The van der Waals surface area contributed by atoms with Crippen molar-refractivity contribution >= 4 is 33.0 Å². The van der Waals surface area contributed by atoms with Gasteiger partial charge in [0.1, 0.15) is 0 Å². The topological polar surface area (TPSA) is 133 Å². The van der Waals surface area contributed by atoms with E-state index in [9.17, 15) is 41.7 Å². The largest absolute Gasteiger partial charge is 0.390 e. The highest BCUT2D eigenvalue weighted by atomic mass is 35.5. The van der Waals surface area contributed by atoms with Crippen molar-refractivity contribution in [3.63, 3.8) is 0 Å². The summed E-state index contributed by atoms with van der Waals surface area (Å²) in [6, 6.07) is 4.78. The summed E-state index contributed by atoms with van der Waals surface area (Å²) < 4.78 is 73.6. The highest BCUT2D eigenvalue weighted by molar-refractivity contribution is 7.92. The van der Waals surface area contributed by atoms with Crippen LogP contribution >= 0.6 is 11.6 Å². The molecule has 2 aromatic rings. The third-order valence-corrected chi connectivity index (χ3v) is 11.2. The van der Waals surface area contributed by atoms with Crippen LogP contribution in [-0.4, -0.2) is 65.4 Å². The number of ether oxygens (including phenoxy) is 1. The number of hydrogen-bond donors (Lipinski definition) is 4. The van der Waals surface area contributed by atoms with E-state index < -0.39 is 62.4 Å². The predicted molar refractivity (Wildman–Crippen MR) is 138 cm³/mol. The molecule has 0 aliphatic heterocycles. The van der Waals surface area contributed by atoms with Crippen LogP contribution in [0, 0.1) is 29.3 Å². The van der Waals surface area contributed by atoms with Crippen molar-refractivity contribution in [3.8, 4) is 0 Å². The Labute approximate surface area is 234 Å². The lowest BCUT2D eigenvalue weighted by Gasteiger charge is -2.42. The summed E-state index contributed by atoms with van der Waals surface area (Å²) in [5, 5.41) is 32.2. The molecule has 0 heterocycles. The van der Waals surface area contributed by atoms with E-state index in [0.29, 0.717) is 25.0 Å². The van der Waals surface area contributed by atoms with Gasteiger partial charge in [0.25, 0.3) is 5.91 Å². The Morgan fingerprint density at radius 3 is 2.15 bits per heavy atom. The first kappa shape index (κ1) is 29.3. The molecule has 7 atom stereocenters. The van der Waals surface area contributed by atoms with Crippen molar-refractivity contribution in [2.45, 2.75) is 72.6 Å². The number of carbonyl (C=O) groups excluding carboxylic acids is 1. The number of hydrogen-bond acceptors (Lipinski definition) is 7. The van der Waals surface area contributed by atoms with Crippen molar-refractivity contribution in [1.29, 1.82) is 0 Å². The lowest BCUT2D eigenvalue weighted by molar-refractivity contribution is -0.129. The molecule has 0 spiro atoms. The Morgan fingerprint density at radius 1 is 1.00 bits per heavy atom. The Morgan fingerprint density at radius 2 is 1.57 bits per heavy atom. The van der Waals surface area contributed by atoms with Gasteiger partial charge in [-0.1, -0.05) is 11.6 Å². The van der Waals surface area contributed by atoms with E-state index >= 15 is 0 Å². The van der Waals surface area contributed by atoms with Crippen molar-refractivity contribution < 1.29 is 46.4 Å². The predicted octanol–water partition coefficient (Wildman–Crippen LogP) is 3.60. The van der Waals surface area contributed by atoms with Crippen LogP contribution in [0.5, 0.6) is 0 Å². The summed E-state index contributed by atoms with van der Waals surface area (Å²) >= 11 is 6.25. The molecule has 8 nitrogen and oxygen atoms in total. The average Bonchev–Trinajstić information content (AvgIpc) is 3.25. The summed E-state index contributed by atoms with van der Waals surface area (Å²) in [5.74, 6) is -6.28. The molecule has 218 valence electrons. The molecule has 4 N–H and O–H groups in total. The van der Waals surface area contributed by atoms with Gasteiger partial charge >= 0.3 is 0 Å². The normalized spacial score (nSPS) is 31.9. The smallest absolute Gasteiger partial charge is 0.255 e. The van der Waals surface area contributed by atoms with Gasteiger partial charge in [-0.15, -0.1) is 0 Å². The molecule has 13 heteroatoms. The fourth-order valence-electron chi connectivity index (χ4n) is 6.31. The Hall–Kier alpha value is -2.22. The molecule has 1 unspecified atom stereocenters. The molecule has 5 rings (SSSR count). The van der Waals surface area contributed by atoms with E-state index in [1.807, 2.05) is 0 Å². The molecule has 0 saturated heterocycles. The first-order chi connectivity index (χ1) is 18.8. The monoisotopic (exact) mass is 603 g/mol. The zero-order chi connectivity index (χ0) is 29.0. The van der Waals surface area contributed by atoms with Crippen molar-refractivity contribution in [1.82, 2.24) is 0 Å². The number of aliphatic hydroxyl groups excluding tert-OH is 2. The standard InChI is InChI=1S/C27H29ClF3NO7S/c28-19-4-1-13(26(35)32-16-8-20(29)25(31)21(30)9-16)5-24(19)40(37,38)18-6-14-2-3-15(7-18)27(14,36)12-39-17-10-22(33)23(34)11-17/h1,4-5,8-9,14-15,17-18,22-23,33-34,36H,2-3,6-7,10-12H2,(H,32,35)/t14-,15?,17-,18-,22+,23-,27-/m0/s1. The minimum atomic E-state index is -4.06. The maximum Gasteiger partial charge on any atom is 0.255 e. The van der Waals surface area contributed by atoms with Crippen LogP contribution < -0.4 is 5.32 Å². The number of anilines is 1. The van der Waals surface area contributed by atoms with Crippen molar-refractivity contribution in [3.05, 3.63) is 58.4 Å². The molecule has 0 aromatic heterocycles. The Kier molecular flexibility index (Phi) is 7.97. The summed E-state index contributed by atoms with van der Waals surface area (Å²) in [4.78, 5) is 12.5. The SMILES string of the molecule is O=C(Nc1cc(F)c(F)c(F)c1)c1ccc(Cl)c(S(=O)(=O)[C@@H]2CC3CC[C@@H](C2)[C@@]3(O)CO[C@H]2C[C@@H](O)[C@@H](O)C2)c1. The van der Waals surface area contributed by atoms with Gasteiger partial charge in [-0.2, -0.15) is 0 Å². The van der Waals surface area contributed by atoms with Crippen LogP contribution in [0.3, 0.4) is 0 Å². The van der Waals surface area contributed by atoms with Gasteiger partial charge < -0.3 is 25.4 Å². The number of nitrogens with one attached hydrogen (secondary N) is 1. The number of carbonyl (C=O) groups is 1. The highest BCUT2D eigenvalue weighted by Gasteiger charge is 2.56. The summed E-state index contributed by atoms with van der Waals surface area (Å²) in [6.45, 7) is -0.0276. The van der Waals surface area contributed by atoms with Gasteiger partial charge in [-0.05, 0) is 55.7 Å². The molecule has 3 aliphatic rings. The van der Waals surface area contributed by atoms with Crippen LogP contribution in [0.15, 0.2) is 35.2 Å². The molecule has 3 saturated carbocycles. The van der Waals surface area contributed by atoms with E-state index in [4.69, 9.17) is 16.3 Å². The number of fused-ring (bicyclic) bond motifs is 2. The molecular weight excluding hydrogens is 575 g/mol. The van der Waals surface area contributed by atoms with Gasteiger partial charge in [-0.3, -0.25) is 4.79 Å². The quantitative estimate of drug-likeness (QED) is 0.356. The minimum Gasteiger partial charge on any atom is -0.390 e. The summed E-state index contributed by atoms with van der Waals surface area (Å²) in [6.07, 6.45) is -0.124. The number of sulfone groups is 1. The molecule has 2 bridgehead atoms. The van der Waals surface area contributed by atoms with E-state index in [1.165, 1.54) is 12.1 Å². The van der Waals surface area contributed by atoms with E-state index in [-0.39, 0.29) is 65.3 Å². The van der Waals surface area contributed by atoms with Crippen LogP contribution in [0.4, 0.5) is 18.9 Å². The number of aliphatic hydroxyl groups is 3. The zero-order valence-corrected chi connectivity index (χ0v) is 22.8. The Bertz CT molecular complexity index is 1380. The molecule has 2 aromatic carbocycles. The molecule has 3 aliphatic carbocycles. The first-order valence-corrected chi connectivity index (χ1v) is 14.9. The minimum absolute atomic E-state index is 0.0276. The second-order valence-electron chi connectivity index (χ2n) is 11.0. The second kappa shape index (κ2) is 10.9. The molecular formula is C27H29ClF3NO7S. The molecule has 3 fully saturated rings. The van der Waals surface area contributed by atoms with Gasteiger partial charge in [0, 0.05) is 36.2 Å². The van der Waals surface area contributed by atoms with Gasteiger partial charge in [-0.25, -0.2) is 21.6 Å². The maximum absolute atomic E-state index is 13.7. The maximum atomic E-state index is 13.7. The van der Waals surface area contributed by atoms with Crippen LogP contribution in [0.1, 0.15) is 48.9 Å². The van der Waals surface area contributed by atoms with Crippen LogP contribution in [0.2, 0.25) is 5.02 Å². The van der Waals surface area contributed by atoms with E-state index in [1.54, 1.807) is 0 Å². The number of amides is 1. The first-order valence-electron chi connectivity index (χ1n) is 13.0. The van der Waals surface area contributed by atoms with Gasteiger partial charge in [0.2, 0.25) is 0 Å². The van der Waals surface area contributed by atoms with Crippen molar-refractivity contribution in [2.75, 3.05) is 11.9 Å². The van der Waals surface area contributed by atoms with Crippen LogP contribution in [-0.2, 0) is 14.6 Å². The van der Waals surface area contributed by atoms with Crippen LogP contribution in [0.25, 0.3) is 0 Å². The lowest BCUT2D eigenvalue weighted by Crippen LogP contribution is -2.51. The third-order valence-electron chi connectivity index (χ3n) is 8.56. The van der Waals surface area contributed by atoms with Crippen molar-refractivity contribution in [2.24, 2.45) is 11.8 Å². The fourth-order valence-corrected chi connectivity index (χ4v) is 8.71. The number of benzene rings is 2. The van der Waals surface area contributed by atoms with Gasteiger partial charge in [0.05, 0.1) is 45.7 Å². The third kappa shape index (κ3) is 5.37. The summed E-state index contributed by atoms with van der Waals surface area (Å²) in [5.41, 5.74) is -1.74. The van der Waals surface area contributed by atoms with Gasteiger partial charge in [0.15, 0.2) is 27.3 Å². The van der Waals surface area contributed by atoms with E-state index in [2.05, 4.69) is 5.32 Å². The molecule has 1 amide bonds. The average molecular weight is 604 g/mol. The summed E-state index contributed by atoms with van der Waals surface area (Å²) in [7, 11) is -4.06. The fraction of sp³-hybridized carbons (Fsp3) is 0.519. The van der Waals surface area contributed by atoms with E-state index in [0.717, 1.165) is 6.07 Å². The number of halogens is 4. The highest BCUT2D eigenvalue weighted by Crippen LogP contribution is 2.52. The Balaban J connectivity index is 1.31. The lowest BCUT2D eigenvalue weighted by atomic mass is 9.75.